The second kappa shape index (κ2) is 15.5. The van der Waals surface area contributed by atoms with Crippen molar-refractivity contribution in [3.8, 4) is 0 Å². The molecule has 0 amide bonds. The number of carbonyl (C=O) groups excluding carboxylic acids is 1. The van der Waals surface area contributed by atoms with Crippen molar-refractivity contribution in [1.29, 1.82) is 0 Å². The first-order chi connectivity index (χ1) is 12.8. The first-order valence-electron chi connectivity index (χ1n) is 10.4. The zero-order valence-electron chi connectivity index (χ0n) is 16.8. The number of esters is 1. The van der Waals surface area contributed by atoms with E-state index in [4.69, 9.17) is 4.74 Å². The van der Waals surface area contributed by atoms with Crippen LogP contribution >= 0.6 is 0 Å². The predicted octanol–water partition coefficient (Wildman–Crippen LogP) is 6.39. The molecular formula is C23H37NO2. The zero-order valence-corrected chi connectivity index (χ0v) is 16.8. The summed E-state index contributed by atoms with van der Waals surface area (Å²) in [6.45, 7) is 5.52. The van der Waals surface area contributed by atoms with E-state index in [1.165, 1.54) is 51.4 Å². The van der Waals surface area contributed by atoms with Crippen LogP contribution in [-0.4, -0.2) is 12.6 Å². The number of unbranched alkanes of at least 4 members (excludes halogenated alkanes) is 9. The molecule has 0 aromatic heterocycles. The highest BCUT2D eigenvalue weighted by Gasteiger charge is 2.06. The van der Waals surface area contributed by atoms with E-state index in [0.717, 1.165) is 24.9 Å². The second-order valence-corrected chi connectivity index (χ2v) is 6.90. The smallest absolute Gasteiger partial charge is 0.338 e. The molecule has 0 fully saturated rings. The lowest BCUT2D eigenvalue weighted by molar-refractivity contribution is 0.0497. The van der Waals surface area contributed by atoms with Gasteiger partial charge in [0.2, 0.25) is 0 Å². The van der Waals surface area contributed by atoms with Gasteiger partial charge in [0.25, 0.3) is 0 Å². The monoisotopic (exact) mass is 359 g/mol. The molecule has 0 radical (unpaired) electrons. The average molecular weight is 360 g/mol. The summed E-state index contributed by atoms with van der Waals surface area (Å²) in [5.41, 5.74) is 1.78. The Morgan fingerprint density at radius 2 is 1.50 bits per heavy atom. The van der Waals surface area contributed by atoms with Gasteiger partial charge in [-0.05, 0) is 37.2 Å². The third-order valence-corrected chi connectivity index (χ3v) is 4.51. The van der Waals surface area contributed by atoms with Crippen LogP contribution in [-0.2, 0) is 11.3 Å². The molecule has 1 aromatic rings. The average Bonchev–Trinajstić information content (AvgIpc) is 2.66. The van der Waals surface area contributed by atoms with E-state index in [1.54, 1.807) is 0 Å². The van der Waals surface area contributed by atoms with E-state index in [2.05, 4.69) is 12.2 Å². The molecule has 0 saturated carbocycles. The first-order valence-corrected chi connectivity index (χ1v) is 10.4. The van der Waals surface area contributed by atoms with Gasteiger partial charge in [0.15, 0.2) is 0 Å². The summed E-state index contributed by atoms with van der Waals surface area (Å²) in [4.78, 5) is 12.0. The predicted molar refractivity (Wildman–Crippen MR) is 110 cm³/mol. The minimum atomic E-state index is -0.214. The van der Waals surface area contributed by atoms with E-state index >= 15 is 0 Å². The van der Waals surface area contributed by atoms with E-state index in [-0.39, 0.29) is 5.97 Å². The largest absolute Gasteiger partial charge is 0.462 e. The van der Waals surface area contributed by atoms with Crippen molar-refractivity contribution in [3.05, 3.63) is 47.7 Å². The summed E-state index contributed by atoms with van der Waals surface area (Å²) >= 11 is 0. The van der Waals surface area contributed by atoms with Gasteiger partial charge in [0.1, 0.15) is 0 Å². The lowest BCUT2D eigenvalue weighted by Gasteiger charge is -2.06. The summed E-state index contributed by atoms with van der Waals surface area (Å²) in [5.74, 6) is -0.214. The van der Waals surface area contributed by atoms with Gasteiger partial charge in [-0.15, -0.1) is 0 Å². The summed E-state index contributed by atoms with van der Waals surface area (Å²) in [5, 5.41) is 3.18. The van der Waals surface area contributed by atoms with Crippen LogP contribution in [0.25, 0.3) is 0 Å². The molecule has 26 heavy (non-hydrogen) atoms. The van der Waals surface area contributed by atoms with Gasteiger partial charge >= 0.3 is 5.97 Å². The number of benzene rings is 1. The van der Waals surface area contributed by atoms with Gasteiger partial charge in [-0.2, -0.15) is 0 Å². The number of allylic oxidation sites excluding steroid dienone is 1. The molecule has 3 heteroatoms. The standard InChI is InChI=1S/C23H37NO2/c1-3-5-6-7-8-9-10-11-12-13-19-26-23(25)22-16-14-21(15-17-22)20-24-18-4-2/h4,14-18,24H,3,5-13,19-20H2,1-2H3/b18-4-. The first kappa shape index (κ1) is 22.3. The summed E-state index contributed by atoms with van der Waals surface area (Å²) in [6, 6.07) is 7.61. The molecule has 0 atom stereocenters. The van der Waals surface area contributed by atoms with Crippen LogP contribution in [0.2, 0.25) is 0 Å². The Labute approximate surface area is 160 Å². The number of nitrogens with one attached hydrogen (secondary N) is 1. The van der Waals surface area contributed by atoms with E-state index in [0.29, 0.717) is 12.2 Å². The van der Waals surface area contributed by atoms with Crippen LogP contribution < -0.4 is 5.32 Å². The fourth-order valence-corrected chi connectivity index (χ4v) is 2.89. The van der Waals surface area contributed by atoms with Crippen molar-refractivity contribution >= 4 is 5.97 Å². The Morgan fingerprint density at radius 1 is 0.923 bits per heavy atom. The topological polar surface area (TPSA) is 38.3 Å². The number of hydrogen-bond donors (Lipinski definition) is 1. The number of rotatable bonds is 15. The van der Waals surface area contributed by atoms with Crippen LogP contribution in [0, 0.1) is 0 Å². The molecule has 0 spiro atoms. The van der Waals surface area contributed by atoms with Gasteiger partial charge in [0.05, 0.1) is 12.2 Å². The van der Waals surface area contributed by atoms with Crippen LogP contribution in [0.5, 0.6) is 0 Å². The maximum Gasteiger partial charge on any atom is 0.338 e. The Hall–Kier alpha value is -1.77. The number of hydrogen-bond acceptors (Lipinski definition) is 3. The lowest BCUT2D eigenvalue weighted by atomic mass is 10.1. The van der Waals surface area contributed by atoms with Crippen LogP contribution in [0.4, 0.5) is 0 Å². The maximum atomic E-state index is 12.0. The van der Waals surface area contributed by atoms with Crippen molar-refractivity contribution in [3.63, 3.8) is 0 Å². The van der Waals surface area contributed by atoms with Crippen molar-refractivity contribution in [2.24, 2.45) is 0 Å². The Balaban J connectivity index is 2.04. The lowest BCUT2D eigenvalue weighted by Crippen LogP contribution is -2.08. The Kier molecular flexibility index (Phi) is 13.3. The van der Waals surface area contributed by atoms with Crippen LogP contribution in [0.1, 0.15) is 94.0 Å². The molecule has 0 unspecified atom stereocenters. The molecular weight excluding hydrogens is 322 g/mol. The van der Waals surface area contributed by atoms with E-state index in [1.807, 2.05) is 43.5 Å². The zero-order chi connectivity index (χ0) is 18.9. The molecule has 0 aliphatic heterocycles. The third kappa shape index (κ3) is 11.0. The molecule has 1 rings (SSSR count). The van der Waals surface area contributed by atoms with Gasteiger partial charge in [-0.3, -0.25) is 0 Å². The SMILES string of the molecule is C/C=C\NCc1ccc(C(=O)OCCCCCCCCCCCC)cc1. The fraction of sp³-hybridized carbons (Fsp3) is 0.609. The summed E-state index contributed by atoms with van der Waals surface area (Å²) in [6.07, 6.45) is 16.7. The van der Waals surface area contributed by atoms with Crippen molar-refractivity contribution in [2.75, 3.05) is 6.61 Å². The minimum Gasteiger partial charge on any atom is -0.462 e. The van der Waals surface area contributed by atoms with Gasteiger partial charge in [0, 0.05) is 6.54 Å². The Bertz CT molecular complexity index is 493. The second-order valence-electron chi connectivity index (χ2n) is 6.90. The van der Waals surface area contributed by atoms with Gasteiger partial charge in [-0.25, -0.2) is 4.79 Å². The van der Waals surface area contributed by atoms with E-state index < -0.39 is 0 Å². The molecule has 1 N–H and O–H groups in total. The quantitative estimate of drug-likeness (QED) is 0.291. The minimum absolute atomic E-state index is 0.214. The van der Waals surface area contributed by atoms with Crippen LogP contribution in [0.15, 0.2) is 36.5 Å². The number of carbonyl (C=O) groups is 1. The molecule has 0 heterocycles. The molecule has 0 bridgehead atoms. The van der Waals surface area contributed by atoms with Crippen LogP contribution in [0.3, 0.4) is 0 Å². The molecule has 146 valence electrons. The molecule has 1 aromatic carbocycles. The maximum absolute atomic E-state index is 12.0. The third-order valence-electron chi connectivity index (χ3n) is 4.51. The number of ether oxygens (including phenoxy) is 1. The van der Waals surface area contributed by atoms with E-state index in [9.17, 15) is 4.79 Å². The van der Waals surface area contributed by atoms with Crippen molar-refractivity contribution < 1.29 is 9.53 Å². The molecule has 0 aliphatic rings. The molecule has 3 nitrogen and oxygen atoms in total. The summed E-state index contributed by atoms with van der Waals surface area (Å²) < 4.78 is 5.37. The normalized spacial score (nSPS) is 11.0. The Morgan fingerprint density at radius 3 is 2.08 bits per heavy atom. The van der Waals surface area contributed by atoms with Gasteiger partial charge < -0.3 is 10.1 Å². The van der Waals surface area contributed by atoms with Crippen molar-refractivity contribution in [1.82, 2.24) is 5.32 Å². The van der Waals surface area contributed by atoms with Crippen molar-refractivity contribution in [2.45, 2.75) is 84.6 Å². The highest BCUT2D eigenvalue weighted by molar-refractivity contribution is 5.89. The molecule has 0 aliphatic carbocycles. The van der Waals surface area contributed by atoms with Gasteiger partial charge in [-0.1, -0.05) is 82.9 Å². The fourth-order valence-electron chi connectivity index (χ4n) is 2.89. The highest BCUT2D eigenvalue weighted by atomic mass is 16.5. The molecule has 0 saturated heterocycles. The highest BCUT2D eigenvalue weighted by Crippen LogP contribution is 2.11. The summed E-state index contributed by atoms with van der Waals surface area (Å²) in [7, 11) is 0.